The molecule has 0 amide bonds. The van der Waals surface area contributed by atoms with Gasteiger partial charge in [0.2, 0.25) is 0 Å². The summed E-state index contributed by atoms with van der Waals surface area (Å²) >= 11 is 0. The number of nitrogens with zero attached hydrogens (tertiary/aromatic N) is 3. The number of rotatable bonds is 6. The van der Waals surface area contributed by atoms with E-state index in [4.69, 9.17) is 9.97 Å². The Bertz CT molecular complexity index is 3360. The van der Waals surface area contributed by atoms with Crippen molar-refractivity contribution >= 4 is 32.7 Å². The molecule has 0 saturated heterocycles. The summed E-state index contributed by atoms with van der Waals surface area (Å²) < 4.78 is 2.24. The Morgan fingerprint density at radius 1 is 0.476 bits per heavy atom. The predicted molar refractivity (Wildman–Crippen MR) is 265 cm³/mol. The second-order valence-corrected chi connectivity index (χ2v) is 18.9. The van der Waals surface area contributed by atoms with Crippen LogP contribution in [0.25, 0.3) is 94.3 Å². The average molecular weight is 818 g/mol. The summed E-state index contributed by atoms with van der Waals surface area (Å²) in [6.45, 7) is 15.5. The maximum Gasteiger partial charge on any atom is 0.149 e. The van der Waals surface area contributed by atoms with Crippen molar-refractivity contribution in [3.05, 3.63) is 193 Å². The zero-order chi connectivity index (χ0) is 43.6. The van der Waals surface area contributed by atoms with Crippen LogP contribution in [0, 0.1) is 6.92 Å². The predicted octanol–water partition coefficient (Wildman–Crippen LogP) is 15.7. The summed E-state index contributed by atoms with van der Waals surface area (Å²) in [5.41, 5.74) is 16.7. The number of aromatic nitrogens is 3. The van der Waals surface area contributed by atoms with Gasteiger partial charge in [0.05, 0.1) is 22.1 Å². The molecule has 4 nitrogen and oxygen atoms in total. The molecule has 10 aromatic rings. The van der Waals surface area contributed by atoms with E-state index >= 15 is 0 Å². The van der Waals surface area contributed by atoms with Gasteiger partial charge < -0.3 is 5.11 Å². The van der Waals surface area contributed by atoms with Gasteiger partial charge in [-0.25, -0.2) is 4.98 Å². The quantitative estimate of drug-likeness (QED) is 0.182. The monoisotopic (exact) mass is 817 g/mol. The van der Waals surface area contributed by atoms with Crippen LogP contribution >= 0.6 is 0 Å². The van der Waals surface area contributed by atoms with E-state index in [2.05, 4.69) is 205 Å². The van der Waals surface area contributed by atoms with Crippen molar-refractivity contribution in [3.8, 4) is 67.3 Å². The summed E-state index contributed by atoms with van der Waals surface area (Å²) in [4.78, 5) is 10.6. The van der Waals surface area contributed by atoms with Crippen LogP contribution in [0.1, 0.15) is 58.2 Å². The van der Waals surface area contributed by atoms with Gasteiger partial charge in [0.25, 0.3) is 0 Å². The molecule has 0 aliphatic rings. The van der Waals surface area contributed by atoms with E-state index in [1.165, 1.54) is 33.0 Å². The van der Waals surface area contributed by atoms with Crippen molar-refractivity contribution in [1.82, 2.24) is 14.5 Å². The molecule has 2 heterocycles. The van der Waals surface area contributed by atoms with Crippen molar-refractivity contribution in [1.29, 1.82) is 0 Å². The van der Waals surface area contributed by atoms with Crippen molar-refractivity contribution in [3.63, 3.8) is 0 Å². The molecule has 10 rings (SSSR count). The molecule has 0 bridgehead atoms. The first kappa shape index (κ1) is 39.8. The third-order valence-electron chi connectivity index (χ3n) is 12.6. The molecule has 63 heavy (non-hydrogen) atoms. The molecule has 0 aliphatic heterocycles. The third-order valence-corrected chi connectivity index (χ3v) is 12.6. The van der Waals surface area contributed by atoms with Gasteiger partial charge in [0.1, 0.15) is 11.6 Å². The molecule has 0 radical (unpaired) electrons. The Morgan fingerprint density at radius 3 is 1.86 bits per heavy atom. The highest BCUT2D eigenvalue weighted by molar-refractivity contribution is 6.06. The van der Waals surface area contributed by atoms with Crippen molar-refractivity contribution in [2.45, 2.75) is 59.3 Å². The molecule has 4 heteroatoms. The van der Waals surface area contributed by atoms with Crippen LogP contribution in [0.4, 0.5) is 0 Å². The number of phenolic OH excluding ortho intramolecular Hbond substituents is 1. The molecule has 0 fully saturated rings. The van der Waals surface area contributed by atoms with E-state index in [0.717, 1.165) is 66.6 Å². The first-order chi connectivity index (χ1) is 30.3. The fourth-order valence-electron chi connectivity index (χ4n) is 9.22. The maximum atomic E-state index is 11.7. The lowest BCUT2D eigenvalue weighted by Crippen LogP contribution is -2.11. The number of benzene rings is 8. The highest BCUT2D eigenvalue weighted by Gasteiger charge is 2.25. The molecule has 0 saturated carbocycles. The Balaban J connectivity index is 1.27. The summed E-state index contributed by atoms with van der Waals surface area (Å²) in [7, 11) is 0. The van der Waals surface area contributed by atoms with Gasteiger partial charge in [-0.2, -0.15) is 0 Å². The summed E-state index contributed by atoms with van der Waals surface area (Å²) in [6, 6.07) is 60.4. The molecule has 0 unspecified atom stereocenters. The molecular weight excluding hydrogens is 767 g/mol. The molecular formula is C59H51N3O. The lowest BCUT2D eigenvalue weighted by molar-refractivity contribution is 0.475. The second kappa shape index (κ2) is 15.3. The number of aromatic hydroxyl groups is 1. The Morgan fingerprint density at radius 2 is 1.11 bits per heavy atom. The van der Waals surface area contributed by atoms with Crippen LogP contribution in [0.2, 0.25) is 0 Å². The Hall–Kier alpha value is -7.30. The number of aryl methyl sites for hydroxylation is 1. The zero-order valence-electron chi connectivity index (χ0n) is 37.0. The topological polar surface area (TPSA) is 50.9 Å². The van der Waals surface area contributed by atoms with Crippen LogP contribution in [0.5, 0.6) is 5.75 Å². The number of fused-ring (bicyclic) bond motifs is 3. The average Bonchev–Trinajstić information content (AvgIpc) is 3.67. The maximum absolute atomic E-state index is 11.7. The van der Waals surface area contributed by atoms with Crippen LogP contribution in [-0.2, 0) is 10.8 Å². The lowest BCUT2D eigenvalue weighted by atomic mass is 9.86. The van der Waals surface area contributed by atoms with Crippen molar-refractivity contribution < 1.29 is 5.11 Å². The van der Waals surface area contributed by atoms with Gasteiger partial charge in [-0.1, -0.05) is 157 Å². The fraction of sp³-hybridized carbons (Fsp3) is 0.153. The summed E-state index contributed by atoms with van der Waals surface area (Å²) in [5, 5.41) is 15.2. The van der Waals surface area contributed by atoms with Gasteiger partial charge in [-0.05, 0) is 133 Å². The summed E-state index contributed by atoms with van der Waals surface area (Å²) in [5.74, 6) is 0.879. The third kappa shape index (κ3) is 7.16. The standard InChI is InChI=1S/C59H51N3O/c1-37-32-49(55-48(24-15-31-60-55)54(37)39-17-9-8-10-18-39)40-20-13-21-41(33-40)50-34-42(47-23-14-19-38-16-11-12-22-46(38)47)35-52-56(50)61-57(51-36-44(59(5,6)7)27-30-53(51)63)62(52)45-28-25-43(26-29-45)58(2,3)4/h8-36,63H,1-7H3. The molecule has 8 aromatic carbocycles. The molecule has 2 aromatic heterocycles. The van der Waals surface area contributed by atoms with E-state index in [9.17, 15) is 5.11 Å². The molecule has 308 valence electrons. The minimum atomic E-state index is -0.141. The van der Waals surface area contributed by atoms with Gasteiger partial charge >= 0.3 is 0 Å². The van der Waals surface area contributed by atoms with Gasteiger partial charge in [0.15, 0.2) is 0 Å². The lowest BCUT2D eigenvalue weighted by Gasteiger charge is -2.21. The van der Waals surface area contributed by atoms with Crippen molar-refractivity contribution in [2.75, 3.05) is 0 Å². The molecule has 0 atom stereocenters. The van der Waals surface area contributed by atoms with E-state index < -0.39 is 0 Å². The van der Waals surface area contributed by atoms with E-state index in [1.54, 1.807) is 0 Å². The fourth-order valence-corrected chi connectivity index (χ4v) is 9.22. The largest absolute Gasteiger partial charge is 0.507 e. The number of pyridine rings is 1. The van der Waals surface area contributed by atoms with Crippen LogP contribution < -0.4 is 0 Å². The van der Waals surface area contributed by atoms with E-state index in [0.29, 0.717) is 11.4 Å². The SMILES string of the molecule is Cc1cc(-c2cccc(-c3cc(-c4cccc5ccccc45)cc4c3nc(-c3cc(C(C)(C)C)ccc3O)n4-c3ccc(C(C)(C)C)cc3)c2)c2ncccc2c1-c1ccccc1. The number of phenols is 1. The first-order valence-electron chi connectivity index (χ1n) is 21.9. The zero-order valence-corrected chi connectivity index (χ0v) is 37.0. The van der Waals surface area contributed by atoms with Crippen LogP contribution in [-0.4, -0.2) is 19.6 Å². The highest BCUT2D eigenvalue weighted by Crippen LogP contribution is 2.44. The summed E-state index contributed by atoms with van der Waals surface area (Å²) in [6.07, 6.45) is 1.89. The number of hydrogen-bond donors (Lipinski definition) is 1. The number of hydrogen-bond acceptors (Lipinski definition) is 3. The first-order valence-corrected chi connectivity index (χ1v) is 21.9. The van der Waals surface area contributed by atoms with Gasteiger partial charge in [-0.15, -0.1) is 0 Å². The van der Waals surface area contributed by atoms with Crippen molar-refractivity contribution in [2.24, 2.45) is 0 Å². The minimum Gasteiger partial charge on any atom is -0.507 e. The van der Waals surface area contributed by atoms with Crippen LogP contribution in [0.15, 0.2) is 176 Å². The van der Waals surface area contributed by atoms with Gasteiger partial charge in [-0.3, -0.25) is 9.55 Å². The Labute approximate surface area is 370 Å². The minimum absolute atomic E-state index is 0.0152. The van der Waals surface area contributed by atoms with Crippen LogP contribution in [0.3, 0.4) is 0 Å². The van der Waals surface area contributed by atoms with E-state index in [-0.39, 0.29) is 16.6 Å². The number of imidazole rings is 1. The molecule has 1 N–H and O–H groups in total. The van der Waals surface area contributed by atoms with Gasteiger partial charge in [0, 0.05) is 28.4 Å². The van der Waals surface area contributed by atoms with E-state index in [1.807, 2.05) is 24.4 Å². The highest BCUT2D eigenvalue weighted by atomic mass is 16.3. The normalized spacial score (nSPS) is 12.1. The Kier molecular flexibility index (Phi) is 9.64. The smallest absolute Gasteiger partial charge is 0.149 e. The second-order valence-electron chi connectivity index (χ2n) is 18.9. The molecule has 0 spiro atoms. The molecule has 0 aliphatic carbocycles.